The molecule has 2 aliphatic carbocycles. The number of carbonyl (C=O) groups is 2. The van der Waals surface area contributed by atoms with Gasteiger partial charge in [0.25, 0.3) is 5.91 Å². The maximum absolute atomic E-state index is 13.2. The molecular weight excluding hydrogens is 859 g/mol. The molecule has 0 bridgehead atoms. The van der Waals surface area contributed by atoms with E-state index in [9.17, 15) is 26.4 Å². The van der Waals surface area contributed by atoms with Crippen LogP contribution in [0.3, 0.4) is 0 Å². The molecule has 0 radical (unpaired) electrons. The number of rotatable bonds is 13. The van der Waals surface area contributed by atoms with Gasteiger partial charge in [0.05, 0.1) is 20.8 Å². The van der Waals surface area contributed by atoms with Crippen molar-refractivity contribution in [2.45, 2.75) is 99.3 Å². The van der Waals surface area contributed by atoms with E-state index >= 15 is 0 Å². The Morgan fingerprint density at radius 2 is 1.43 bits per heavy atom. The zero-order valence-corrected chi connectivity index (χ0v) is 37.3. The summed E-state index contributed by atoms with van der Waals surface area (Å²) in [6, 6.07) is 8.58. The number of benzene rings is 2. The Morgan fingerprint density at radius 1 is 0.820 bits per heavy atom. The molecule has 2 aliphatic rings. The molecular formula is C40H51N11O6S4. The number of anilines is 4. The van der Waals surface area contributed by atoms with Gasteiger partial charge >= 0.3 is 0 Å². The fourth-order valence-corrected chi connectivity index (χ4v) is 10.7. The lowest BCUT2D eigenvalue weighted by Crippen LogP contribution is -2.37. The lowest BCUT2D eigenvalue weighted by Gasteiger charge is -2.26. The topological polar surface area (TPSA) is 243 Å². The first kappa shape index (κ1) is 44.1. The van der Waals surface area contributed by atoms with Crippen LogP contribution in [-0.2, 0) is 29.4 Å². The van der Waals surface area contributed by atoms with Crippen molar-refractivity contribution in [3.63, 3.8) is 0 Å². The molecule has 2 fully saturated rings. The predicted octanol–water partition coefficient (Wildman–Crippen LogP) is 6.77. The van der Waals surface area contributed by atoms with E-state index in [0.717, 1.165) is 38.4 Å². The van der Waals surface area contributed by atoms with E-state index in [1.807, 2.05) is 0 Å². The summed E-state index contributed by atoms with van der Waals surface area (Å²) in [6.45, 7) is 0. The van der Waals surface area contributed by atoms with Gasteiger partial charge in [-0.2, -0.15) is 10.1 Å². The molecule has 1 atom stereocenters. The van der Waals surface area contributed by atoms with Crippen LogP contribution in [-0.4, -0.2) is 71.6 Å². The molecule has 0 saturated heterocycles. The van der Waals surface area contributed by atoms with Gasteiger partial charge in [0.1, 0.15) is 11.9 Å². The fourth-order valence-electron chi connectivity index (χ4n) is 8.13. The van der Waals surface area contributed by atoms with Crippen LogP contribution in [0.2, 0.25) is 0 Å². The van der Waals surface area contributed by atoms with Crippen LogP contribution in [0.5, 0.6) is 0 Å². The Balaban J connectivity index is 0.000000184. The molecule has 2 aromatic carbocycles. The predicted molar refractivity (Wildman–Crippen MR) is 239 cm³/mol. The number of nitrogens with two attached hydrogens (primary N) is 2. The van der Waals surface area contributed by atoms with Gasteiger partial charge in [-0.1, -0.05) is 64.2 Å². The molecule has 326 valence electrons. The number of carbonyl (C=O) groups excluding carboxylic acids is 2. The third-order valence-corrected chi connectivity index (χ3v) is 15.4. The van der Waals surface area contributed by atoms with E-state index in [2.05, 4.69) is 30.2 Å². The van der Waals surface area contributed by atoms with Crippen LogP contribution in [0.25, 0.3) is 21.8 Å². The van der Waals surface area contributed by atoms with Crippen LogP contribution < -0.4 is 26.5 Å². The van der Waals surface area contributed by atoms with E-state index in [0.29, 0.717) is 56.7 Å². The summed E-state index contributed by atoms with van der Waals surface area (Å²) in [5.74, 6) is 1.12. The summed E-state index contributed by atoms with van der Waals surface area (Å²) in [7, 11) is -5.65. The van der Waals surface area contributed by atoms with Crippen LogP contribution in [0, 0.1) is 11.8 Å². The quantitative estimate of drug-likeness (QED) is 0.0939. The second-order valence-electron chi connectivity index (χ2n) is 15.6. The Bertz CT molecular complexity index is 2690. The number of nitrogens with zero attached hydrogens (tertiary/aromatic N) is 7. The van der Waals surface area contributed by atoms with Gasteiger partial charge in [0.15, 0.2) is 20.8 Å². The zero-order valence-electron chi connectivity index (χ0n) is 34.1. The second kappa shape index (κ2) is 19.0. The standard InChI is InChI=1S/C20H26N6O3S2.C20H25N5O3S2/c1-22-31(28,29)14-7-8-16-15(12-14)18(21)26(25-16)17(11-13-5-3-2-4-6-13)19(27)24-20-23-9-10-30-20;1-30(27,28)15-8-9-17-16(13-15)19(21)25(23-17)24(20-22-11-12-29-20)18(26)10-7-14-5-3-2-4-6-14/h7-10,12-13,17,22H,2-6,11,21H2,1H3,(H,23,24,27);8-9,11-14H,2-7,10,21H2,1H3. The number of fused-ring (bicyclic) bond motifs is 2. The number of hydrogen-bond donors (Lipinski definition) is 4. The number of aromatic nitrogens is 6. The molecule has 61 heavy (non-hydrogen) atoms. The molecule has 2 amide bonds. The van der Waals surface area contributed by atoms with E-state index < -0.39 is 25.9 Å². The summed E-state index contributed by atoms with van der Waals surface area (Å²) in [5, 5.41) is 18.9. The highest BCUT2D eigenvalue weighted by molar-refractivity contribution is 7.90. The summed E-state index contributed by atoms with van der Waals surface area (Å²) < 4.78 is 52.1. The molecule has 21 heteroatoms. The van der Waals surface area contributed by atoms with Gasteiger partial charge < -0.3 is 16.8 Å². The first-order valence-corrected chi connectivity index (χ1v) is 25.5. The second-order valence-corrected chi connectivity index (χ2v) is 21.3. The molecule has 4 heterocycles. The van der Waals surface area contributed by atoms with Gasteiger partial charge in [0.2, 0.25) is 21.1 Å². The Kier molecular flexibility index (Phi) is 13.7. The Labute approximate surface area is 362 Å². The molecule has 0 spiro atoms. The maximum atomic E-state index is 13.2. The van der Waals surface area contributed by atoms with Crippen molar-refractivity contribution in [2.24, 2.45) is 11.8 Å². The summed E-state index contributed by atoms with van der Waals surface area (Å²) in [5.41, 5.74) is 13.8. The SMILES string of the molecule is CNS(=O)(=O)c1ccc2nn(C(CC3CCCCC3)C(=O)Nc3nccs3)c(N)c2c1.CS(=O)(=O)c1ccc2nn(N(C(=O)CCC3CCCCC3)c3nccs3)c(N)c2c1. The summed E-state index contributed by atoms with van der Waals surface area (Å²) >= 11 is 2.67. The van der Waals surface area contributed by atoms with E-state index in [4.69, 9.17) is 11.5 Å². The number of sulfonamides is 1. The minimum atomic E-state index is -3.62. The van der Waals surface area contributed by atoms with Gasteiger partial charge in [-0.05, 0) is 68.1 Å². The van der Waals surface area contributed by atoms with Crippen molar-refractivity contribution in [1.29, 1.82) is 0 Å². The van der Waals surface area contributed by atoms with E-state index in [1.54, 1.807) is 35.3 Å². The largest absolute Gasteiger partial charge is 0.383 e. The van der Waals surface area contributed by atoms with Crippen molar-refractivity contribution in [3.8, 4) is 0 Å². The average Bonchev–Trinajstić information content (AvgIpc) is 4.09. The van der Waals surface area contributed by atoms with Crippen LogP contribution in [0.1, 0.15) is 89.5 Å². The van der Waals surface area contributed by atoms with Crippen molar-refractivity contribution in [3.05, 3.63) is 59.6 Å². The van der Waals surface area contributed by atoms with Crippen LogP contribution in [0.15, 0.2) is 69.3 Å². The van der Waals surface area contributed by atoms with Crippen molar-refractivity contribution in [2.75, 3.05) is 35.1 Å². The lowest BCUT2D eigenvalue weighted by atomic mass is 9.84. The fraction of sp³-hybridized carbons (Fsp3) is 0.450. The molecule has 6 aromatic rings. The summed E-state index contributed by atoms with van der Waals surface area (Å²) in [6.07, 6.45) is 18.0. The van der Waals surface area contributed by atoms with Gasteiger partial charge in [-0.15, -0.1) is 32.6 Å². The Morgan fingerprint density at radius 3 is 2.05 bits per heavy atom. The number of nitrogens with one attached hydrogen (secondary N) is 2. The summed E-state index contributed by atoms with van der Waals surface area (Å²) in [4.78, 5) is 36.5. The smallest absolute Gasteiger partial charge is 0.251 e. The zero-order chi connectivity index (χ0) is 43.3. The molecule has 6 N–H and O–H groups in total. The molecule has 0 aliphatic heterocycles. The highest BCUT2D eigenvalue weighted by Gasteiger charge is 2.30. The third-order valence-electron chi connectivity index (χ3n) is 11.4. The molecule has 4 aromatic heterocycles. The van der Waals surface area contributed by atoms with Gasteiger partial charge in [-0.3, -0.25) is 9.59 Å². The maximum Gasteiger partial charge on any atom is 0.251 e. The highest BCUT2D eigenvalue weighted by atomic mass is 32.2. The average molecular weight is 910 g/mol. The first-order valence-electron chi connectivity index (χ1n) is 20.4. The minimum absolute atomic E-state index is 0.102. The van der Waals surface area contributed by atoms with Crippen LogP contribution >= 0.6 is 22.7 Å². The number of amides is 2. The minimum Gasteiger partial charge on any atom is -0.383 e. The van der Waals surface area contributed by atoms with Crippen LogP contribution in [0.4, 0.5) is 21.9 Å². The first-order chi connectivity index (χ1) is 29.2. The molecule has 1 unspecified atom stereocenters. The number of hydrogen-bond acceptors (Lipinski definition) is 14. The van der Waals surface area contributed by atoms with Gasteiger partial charge in [0, 0.05) is 46.6 Å². The molecule has 17 nitrogen and oxygen atoms in total. The Hall–Kier alpha value is -4.96. The van der Waals surface area contributed by atoms with E-state index in [1.165, 1.54) is 107 Å². The van der Waals surface area contributed by atoms with Crippen molar-refractivity contribution >= 4 is 98.1 Å². The van der Waals surface area contributed by atoms with Gasteiger partial charge in [-0.25, -0.2) is 36.2 Å². The van der Waals surface area contributed by atoms with Crippen molar-refractivity contribution in [1.82, 2.24) is 34.4 Å². The lowest BCUT2D eigenvalue weighted by molar-refractivity contribution is -0.120. The third kappa shape index (κ3) is 10.2. The monoisotopic (exact) mass is 909 g/mol. The normalized spacial score (nSPS) is 16.0. The van der Waals surface area contributed by atoms with E-state index in [-0.39, 0.29) is 33.2 Å². The highest BCUT2D eigenvalue weighted by Crippen LogP contribution is 2.35. The number of nitrogen functional groups attached to an aromatic ring is 2. The number of sulfone groups is 1. The number of thiazole rings is 2. The molecule has 2 saturated carbocycles. The van der Waals surface area contributed by atoms with Crippen molar-refractivity contribution < 1.29 is 26.4 Å². The molecule has 8 rings (SSSR count).